The van der Waals surface area contributed by atoms with Gasteiger partial charge in [-0.15, -0.1) is 11.3 Å². The Labute approximate surface area is 109 Å². The molecule has 0 amide bonds. The molecule has 0 bridgehead atoms. The summed E-state index contributed by atoms with van der Waals surface area (Å²) in [6.45, 7) is 0. The number of aromatic hydroxyl groups is 1. The van der Waals surface area contributed by atoms with Gasteiger partial charge in [0.05, 0.1) is 10.4 Å². The largest absolute Gasteiger partial charge is 0.507 e. The van der Waals surface area contributed by atoms with Crippen LogP contribution in [0.2, 0.25) is 0 Å². The second kappa shape index (κ2) is 4.56. The summed E-state index contributed by atoms with van der Waals surface area (Å²) in [6.07, 6.45) is 0. The Bertz CT molecular complexity index is 746. The molecule has 0 saturated carbocycles. The zero-order valence-electron chi connectivity index (χ0n) is 9.55. The normalized spacial score (nSPS) is 10.0. The van der Waals surface area contributed by atoms with Crippen LogP contribution in [0, 0.1) is 11.8 Å². The molecule has 3 aromatic rings. The van der Waals surface area contributed by atoms with Crippen molar-refractivity contribution in [1.82, 2.24) is 0 Å². The average Bonchev–Trinajstić information content (AvgIpc) is 2.91. The molecule has 0 aliphatic carbocycles. The van der Waals surface area contributed by atoms with Crippen molar-refractivity contribution in [2.75, 3.05) is 0 Å². The number of fused-ring (bicyclic) bond motifs is 1. The molecular formula is C16H10OS. The molecule has 1 N–H and O–H groups in total. The molecule has 2 aromatic carbocycles. The molecule has 0 saturated heterocycles. The van der Waals surface area contributed by atoms with E-state index in [0.717, 1.165) is 15.6 Å². The lowest BCUT2D eigenvalue weighted by Crippen LogP contribution is -1.81. The van der Waals surface area contributed by atoms with E-state index in [0.29, 0.717) is 5.56 Å². The number of hydrogen-bond acceptors (Lipinski definition) is 2. The molecule has 2 heteroatoms. The maximum Gasteiger partial charge on any atom is 0.131 e. The van der Waals surface area contributed by atoms with Gasteiger partial charge in [0.1, 0.15) is 5.75 Å². The van der Waals surface area contributed by atoms with Gasteiger partial charge in [0.25, 0.3) is 0 Å². The number of phenolic OH excluding ortho intramolecular Hbond substituents is 1. The average molecular weight is 250 g/mol. The minimum absolute atomic E-state index is 0.234. The van der Waals surface area contributed by atoms with E-state index in [-0.39, 0.29) is 5.75 Å². The second-order valence-corrected chi connectivity index (χ2v) is 4.86. The predicted molar refractivity (Wildman–Crippen MR) is 75.9 cm³/mol. The first kappa shape index (κ1) is 10.9. The number of benzene rings is 2. The summed E-state index contributed by atoms with van der Waals surface area (Å²) in [6, 6.07) is 15.5. The van der Waals surface area contributed by atoms with Gasteiger partial charge in [-0.1, -0.05) is 48.2 Å². The van der Waals surface area contributed by atoms with E-state index in [4.69, 9.17) is 0 Å². The van der Waals surface area contributed by atoms with E-state index in [1.165, 1.54) is 0 Å². The fourth-order valence-electron chi connectivity index (χ4n) is 1.87. The van der Waals surface area contributed by atoms with E-state index >= 15 is 0 Å². The lowest BCUT2D eigenvalue weighted by Gasteiger charge is -2.02. The van der Waals surface area contributed by atoms with E-state index in [9.17, 15) is 5.11 Å². The zero-order chi connectivity index (χ0) is 12.4. The van der Waals surface area contributed by atoms with Crippen LogP contribution in [0.25, 0.3) is 10.8 Å². The first-order valence-corrected chi connectivity index (χ1v) is 6.49. The molecule has 0 aliphatic rings. The number of rotatable bonds is 0. The summed E-state index contributed by atoms with van der Waals surface area (Å²) in [4.78, 5) is 1.00. The Balaban J connectivity index is 2.19. The van der Waals surface area contributed by atoms with Gasteiger partial charge in [-0.05, 0) is 22.9 Å². The van der Waals surface area contributed by atoms with Crippen LogP contribution in [-0.2, 0) is 0 Å². The monoisotopic (exact) mass is 250 g/mol. The van der Waals surface area contributed by atoms with Crippen molar-refractivity contribution in [2.24, 2.45) is 0 Å². The third-order valence-electron chi connectivity index (χ3n) is 2.74. The molecule has 86 valence electrons. The third kappa shape index (κ3) is 1.97. The molecule has 0 spiro atoms. The highest BCUT2D eigenvalue weighted by molar-refractivity contribution is 7.10. The Morgan fingerprint density at radius 2 is 1.78 bits per heavy atom. The lowest BCUT2D eigenvalue weighted by atomic mass is 10.0. The Kier molecular flexibility index (Phi) is 2.76. The predicted octanol–water partition coefficient (Wildman–Crippen LogP) is 4.01. The summed E-state index contributed by atoms with van der Waals surface area (Å²) < 4.78 is 0. The van der Waals surface area contributed by atoms with Crippen molar-refractivity contribution in [3.8, 4) is 17.6 Å². The summed E-state index contributed by atoms with van der Waals surface area (Å²) in [7, 11) is 0. The molecule has 0 fully saturated rings. The van der Waals surface area contributed by atoms with Crippen molar-refractivity contribution in [1.29, 1.82) is 0 Å². The van der Waals surface area contributed by atoms with E-state index in [2.05, 4.69) is 11.8 Å². The Morgan fingerprint density at radius 1 is 0.889 bits per heavy atom. The van der Waals surface area contributed by atoms with Crippen LogP contribution in [-0.4, -0.2) is 5.11 Å². The van der Waals surface area contributed by atoms with Crippen LogP contribution in [0.3, 0.4) is 0 Å². The fraction of sp³-hybridized carbons (Fsp3) is 0. The molecule has 1 nitrogen and oxygen atoms in total. The van der Waals surface area contributed by atoms with Crippen LogP contribution in [0.4, 0.5) is 0 Å². The van der Waals surface area contributed by atoms with Crippen LogP contribution in [0.15, 0.2) is 53.9 Å². The highest BCUT2D eigenvalue weighted by atomic mass is 32.1. The lowest BCUT2D eigenvalue weighted by molar-refractivity contribution is 0.474. The van der Waals surface area contributed by atoms with Crippen molar-refractivity contribution in [3.63, 3.8) is 0 Å². The van der Waals surface area contributed by atoms with Crippen LogP contribution in [0.5, 0.6) is 5.75 Å². The van der Waals surface area contributed by atoms with Gasteiger partial charge in [0.15, 0.2) is 0 Å². The maximum atomic E-state index is 9.94. The van der Waals surface area contributed by atoms with Crippen LogP contribution < -0.4 is 0 Å². The first-order chi connectivity index (χ1) is 8.84. The SMILES string of the molecule is Oc1ccc2ccccc2c1C#Cc1cccs1. The maximum absolute atomic E-state index is 9.94. The van der Waals surface area contributed by atoms with Gasteiger partial charge in [0.2, 0.25) is 0 Å². The topological polar surface area (TPSA) is 20.2 Å². The molecule has 1 aromatic heterocycles. The van der Waals surface area contributed by atoms with E-state index < -0.39 is 0 Å². The van der Waals surface area contributed by atoms with Gasteiger partial charge >= 0.3 is 0 Å². The standard InChI is InChI=1S/C16H10OS/c17-16-10-7-12-4-1-2-6-14(12)15(16)9-8-13-5-3-11-18-13/h1-7,10-11,17H. The molecule has 3 rings (SSSR count). The zero-order valence-corrected chi connectivity index (χ0v) is 10.4. The van der Waals surface area contributed by atoms with Crippen molar-refractivity contribution >= 4 is 22.1 Å². The van der Waals surface area contributed by atoms with Gasteiger partial charge < -0.3 is 5.11 Å². The Hall–Kier alpha value is -2.24. The van der Waals surface area contributed by atoms with Gasteiger partial charge in [-0.3, -0.25) is 0 Å². The smallest absolute Gasteiger partial charge is 0.131 e. The molecule has 0 atom stereocenters. The summed E-state index contributed by atoms with van der Waals surface area (Å²) >= 11 is 1.60. The molecule has 1 heterocycles. The van der Waals surface area contributed by atoms with Gasteiger partial charge in [-0.2, -0.15) is 0 Å². The minimum Gasteiger partial charge on any atom is -0.507 e. The number of thiophene rings is 1. The highest BCUT2D eigenvalue weighted by Gasteiger charge is 2.03. The van der Waals surface area contributed by atoms with Crippen LogP contribution >= 0.6 is 11.3 Å². The fourth-order valence-corrected chi connectivity index (χ4v) is 2.44. The van der Waals surface area contributed by atoms with Gasteiger partial charge in [-0.25, -0.2) is 0 Å². The summed E-state index contributed by atoms with van der Waals surface area (Å²) in [5.41, 5.74) is 0.696. The van der Waals surface area contributed by atoms with Crippen molar-refractivity contribution in [3.05, 3.63) is 64.4 Å². The minimum atomic E-state index is 0.234. The highest BCUT2D eigenvalue weighted by Crippen LogP contribution is 2.26. The quantitative estimate of drug-likeness (QED) is 0.598. The Morgan fingerprint density at radius 3 is 2.61 bits per heavy atom. The first-order valence-electron chi connectivity index (χ1n) is 5.61. The van der Waals surface area contributed by atoms with Crippen molar-refractivity contribution in [2.45, 2.75) is 0 Å². The van der Waals surface area contributed by atoms with Crippen LogP contribution in [0.1, 0.15) is 10.4 Å². The third-order valence-corrected chi connectivity index (χ3v) is 3.52. The molecule has 0 aliphatic heterocycles. The summed E-state index contributed by atoms with van der Waals surface area (Å²) in [5, 5.41) is 14.0. The van der Waals surface area contributed by atoms with E-state index in [1.54, 1.807) is 17.4 Å². The number of hydrogen-bond donors (Lipinski definition) is 1. The second-order valence-electron chi connectivity index (χ2n) is 3.91. The summed E-state index contributed by atoms with van der Waals surface area (Å²) in [5.74, 6) is 6.39. The number of phenols is 1. The molecule has 18 heavy (non-hydrogen) atoms. The molecule has 0 radical (unpaired) electrons. The van der Waals surface area contributed by atoms with E-state index in [1.807, 2.05) is 47.8 Å². The van der Waals surface area contributed by atoms with Gasteiger partial charge in [0, 0.05) is 5.39 Å². The molecule has 0 unspecified atom stereocenters. The van der Waals surface area contributed by atoms with Crippen molar-refractivity contribution < 1.29 is 5.11 Å². The molecular weight excluding hydrogens is 240 g/mol.